The van der Waals surface area contributed by atoms with E-state index in [0.29, 0.717) is 23.5 Å². The summed E-state index contributed by atoms with van der Waals surface area (Å²) < 4.78 is 0. The van der Waals surface area contributed by atoms with Crippen molar-refractivity contribution in [3.8, 4) is 0 Å². The van der Waals surface area contributed by atoms with E-state index < -0.39 is 4.92 Å². The highest BCUT2D eigenvalue weighted by Gasteiger charge is 2.17. The van der Waals surface area contributed by atoms with Crippen LogP contribution in [0.15, 0.2) is 18.2 Å². The fourth-order valence-electron chi connectivity index (χ4n) is 2.03. The topological polar surface area (TPSA) is 92.5 Å². The third-order valence-electron chi connectivity index (χ3n) is 2.98. The lowest BCUT2D eigenvalue weighted by Gasteiger charge is -2.18. The van der Waals surface area contributed by atoms with Gasteiger partial charge in [0, 0.05) is 17.7 Å². The van der Waals surface area contributed by atoms with Gasteiger partial charge in [0.25, 0.3) is 11.6 Å². The van der Waals surface area contributed by atoms with Crippen molar-refractivity contribution in [3.63, 3.8) is 0 Å². The molecule has 1 amide bonds. The van der Waals surface area contributed by atoms with Crippen molar-refractivity contribution in [2.75, 3.05) is 6.61 Å². The smallest absolute Gasteiger partial charge is 0.269 e. The highest BCUT2D eigenvalue weighted by atomic mass is 16.6. The SMILES string of the molecule is Cc1cc([N+](=O)[O-])ccc1C(=O)NC(CO)CC(C)C. The third kappa shape index (κ3) is 4.31. The number of nitrogens with zero attached hydrogens (tertiary/aromatic N) is 1. The molecule has 1 atom stereocenters. The van der Waals surface area contributed by atoms with Crippen LogP contribution in [0.1, 0.15) is 36.2 Å². The number of benzene rings is 1. The normalized spacial score (nSPS) is 12.2. The van der Waals surface area contributed by atoms with Crippen LogP contribution >= 0.6 is 0 Å². The molecule has 1 unspecified atom stereocenters. The van der Waals surface area contributed by atoms with Gasteiger partial charge in [-0.15, -0.1) is 0 Å². The summed E-state index contributed by atoms with van der Waals surface area (Å²) in [6, 6.07) is 3.80. The number of aliphatic hydroxyl groups excluding tert-OH is 1. The number of carbonyl (C=O) groups excluding carboxylic acids is 1. The number of nitrogens with one attached hydrogen (secondary N) is 1. The number of hydrogen-bond donors (Lipinski definition) is 2. The Morgan fingerprint density at radius 2 is 2.10 bits per heavy atom. The summed E-state index contributed by atoms with van der Waals surface area (Å²) in [5.74, 6) is 0.0301. The van der Waals surface area contributed by atoms with E-state index in [2.05, 4.69) is 5.32 Å². The van der Waals surface area contributed by atoms with Gasteiger partial charge < -0.3 is 10.4 Å². The summed E-state index contributed by atoms with van der Waals surface area (Å²) in [5, 5.41) is 22.6. The minimum atomic E-state index is -0.496. The molecule has 0 heterocycles. The van der Waals surface area contributed by atoms with E-state index in [1.807, 2.05) is 13.8 Å². The lowest BCUT2D eigenvalue weighted by atomic mass is 10.0. The van der Waals surface area contributed by atoms with Gasteiger partial charge in [-0.05, 0) is 30.9 Å². The van der Waals surface area contributed by atoms with Gasteiger partial charge in [0.1, 0.15) is 0 Å². The number of carbonyl (C=O) groups is 1. The highest BCUT2D eigenvalue weighted by molar-refractivity contribution is 5.96. The van der Waals surface area contributed by atoms with Gasteiger partial charge in [0.15, 0.2) is 0 Å². The van der Waals surface area contributed by atoms with Crippen LogP contribution in [-0.2, 0) is 0 Å². The quantitative estimate of drug-likeness (QED) is 0.616. The van der Waals surface area contributed by atoms with Crippen molar-refractivity contribution < 1.29 is 14.8 Å². The minimum Gasteiger partial charge on any atom is -0.394 e. The minimum absolute atomic E-state index is 0.0417. The first-order valence-electron chi connectivity index (χ1n) is 6.52. The van der Waals surface area contributed by atoms with E-state index in [0.717, 1.165) is 0 Å². The number of rotatable bonds is 6. The largest absolute Gasteiger partial charge is 0.394 e. The van der Waals surface area contributed by atoms with Crippen LogP contribution in [0.5, 0.6) is 0 Å². The van der Waals surface area contributed by atoms with Crippen LogP contribution in [0.3, 0.4) is 0 Å². The number of nitro benzene ring substituents is 1. The Labute approximate surface area is 118 Å². The van der Waals surface area contributed by atoms with Crippen molar-refractivity contribution in [1.82, 2.24) is 5.32 Å². The molecule has 6 nitrogen and oxygen atoms in total. The summed E-state index contributed by atoms with van der Waals surface area (Å²) in [5.41, 5.74) is 0.885. The Kier molecular flexibility index (Phi) is 5.64. The summed E-state index contributed by atoms with van der Waals surface area (Å²) in [4.78, 5) is 22.3. The van der Waals surface area contributed by atoms with Crippen LogP contribution in [0.4, 0.5) is 5.69 Å². The molecule has 0 saturated carbocycles. The first-order chi connectivity index (χ1) is 9.35. The number of non-ortho nitro benzene ring substituents is 1. The summed E-state index contributed by atoms with van der Waals surface area (Å²) in [6.45, 7) is 5.53. The van der Waals surface area contributed by atoms with Crippen LogP contribution < -0.4 is 5.32 Å². The van der Waals surface area contributed by atoms with E-state index in [1.54, 1.807) is 6.92 Å². The molecule has 1 rings (SSSR count). The first-order valence-corrected chi connectivity index (χ1v) is 6.52. The van der Waals surface area contributed by atoms with Gasteiger partial charge in [-0.3, -0.25) is 14.9 Å². The molecule has 0 aromatic heterocycles. The molecule has 0 radical (unpaired) electrons. The maximum absolute atomic E-state index is 12.1. The zero-order chi connectivity index (χ0) is 15.3. The van der Waals surface area contributed by atoms with Crippen molar-refractivity contribution in [3.05, 3.63) is 39.4 Å². The molecule has 0 aliphatic rings. The van der Waals surface area contributed by atoms with E-state index >= 15 is 0 Å². The van der Waals surface area contributed by atoms with E-state index in [4.69, 9.17) is 0 Å². The lowest BCUT2D eigenvalue weighted by Crippen LogP contribution is -2.38. The van der Waals surface area contributed by atoms with E-state index in [9.17, 15) is 20.0 Å². The molecule has 1 aromatic rings. The molecular weight excluding hydrogens is 260 g/mol. The fraction of sp³-hybridized carbons (Fsp3) is 0.500. The van der Waals surface area contributed by atoms with Crippen molar-refractivity contribution >= 4 is 11.6 Å². The number of hydrogen-bond acceptors (Lipinski definition) is 4. The predicted molar refractivity (Wildman–Crippen MR) is 75.6 cm³/mol. The molecular formula is C14H20N2O4. The zero-order valence-electron chi connectivity index (χ0n) is 11.9. The third-order valence-corrected chi connectivity index (χ3v) is 2.98. The molecule has 1 aromatic carbocycles. The van der Waals surface area contributed by atoms with Gasteiger partial charge in [-0.2, -0.15) is 0 Å². The first kappa shape index (κ1) is 16.1. The molecule has 0 fully saturated rings. The second kappa shape index (κ2) is 7.00. The highest BCUT2D eigenvalue weighted by Crippen LogP contribution is 2.17. The van der Waals surface area contributed by atoms with Crippen LogP contribution in [0.25, 0.3) is 0 Å². The fourth-order valence-corrected chi connectivity index (χ4v) is 2.03. The monoisotopic (exact) mass is 280 g/mol. The summed E-state index contributed by atoms with van der Waals surface area (Å²) in [6.07, 6.45) is 0.675. The summed E-state index contributed by atoms with van der Waals surface area (Å²) in [7, 11) is 0. The van der Waals surface area contributed by atoms with Gasteiger partial charge in [-0.25, -0.2) is 0 Å². The average molecular weight is 280 g/mol. The molecule has 0 bridgehead atoms. The maximum atomic E-state index is 12.1. The van der Waals surface area contributed by atoms with Gasteiger partial charge in [-0.1, -0.05) is 13.8 Å². The van der Waals surface area contributed by atoms with Crippen LogP contribution in [0.2, 0.25) is 0 Å². The Balaban J connectivity index is 2.84. The van der Waals surface area contributed by atoms with E-state index in [1.165, 1.54) is 18.2 Å². The number of amides is 1. The second-order valence-corrected chi connectivity index (χ2v) is 5.24. The Morgan fingerprint density at radius 1 is 1.45 bits per heavy atom. The molecule has 20 heavy (non-hydrogen) atoms. The number of nitro groups is 1. The molecule has 0 spiro atoms. The van der Waals surface area contributed by atoms with Crippen molar-refractivity contribution in [2.45, 2.75) is 33.2 Å². The van der Waals surface area contributed by atoms with Crippen molar-refractivity contribution in [2.24, 2.45) is 5.92 Å². The van der Waals surface area contributed by atoms with Gasteiger partial charge in [0.05, 0.1) is 17.6 Å². The second-order valence-electron chi connectivity index (χ2n) is 5.24. The predicted octanol–water partition coefficient (Wildman–Crippen LogP) is 2.04. The Hall–Kier alpha value is -1.95. The maximum Gasteiger partial charge on any atom is 0.269 e. The number of aryl methyl sites for hydroxylation is 1. The molecule has 110 valence electrons. The van der Waals surface area contributed by atoms with E-state index in [-0.39, 0.29) is 24.2 Å². The average Bonchev–Trinajstić information content (AvgIpc) is 2.36. The van der Waals surface area contributed by atoms with Gasteiger partial charge >= 0.3 is 0 Å². The molecule has 2 N–H and O–H groups in total. The van der Waals surface area contributed by atoms with Gasteiger partial charge in [0.2, 0.25) is 0 Å². The molecule has 0 saturated heterocycles. The molecule has 0 aliphatic heterocycles. The number of aliphatic hydroxyl groups is 1. The molecule has 0 aliphatic carbocycles. The summed E-state index contributed by atoms with van der Waals surface area (Å²) >= 11 is 0. The lowest BCUT2D eigenvalue weighted by molar-refractivity contribution is -0.384. The Morgan fingerprint density at radius 3 is 2.55 bits per heavy atom. The standard InChI is InChI=1S/C14H20N2O4/c1-9(2)6-11(8-17)15-14(18)13-5-4-12(16(19)20)7-10(13)3/h4-5,7,9,11,17H,6,8H2,1-3H3,(H,15,18). The van der Waals surface area contributed by atoms with Crippen LogP contribution in [-0.4, -0.2) is 28.6 Å². The zero-order valence-corrected chi connectivity index (χ0v) is 11.9. The molecule has 6 heteroatoms. The van der Waals surface area contributed by atoms with Crippen LogP contribution in [0, 0.1) is 23.0 Å². The Bertz CT molecular complexity index is 500. The van der Waals surface area contributed by atoms with Crippen molar-refractivity contribution in [1.29, 1.82) is 0 Å².